The molecule has 3 atom stereocenters. The minimum Gasteiger partial charge on any atom is -0.393 e. The van der Waals surface area contributed by atoms with Gasteiger partial charge in [-0.3, -0.25) is 0 Å². The van der Waals surface area contributed by atoms with Crippen LogP contribution in [0.3, 0.4) is 0 Å². The number of benzene rings is 1. The first-order valence-corrected chi connectivity index (χ1v) is 8.58. The Morgan fingerprint density at radius 3 is 2.64 bits per heavy atom. The Kier molecular flexibility index (Phi) is 6.87. The van der Waals surface area contributed by atoms with E-state index >= 15 is 0 Å². The van der Waals surface area contributed by atoms with E-state index in [1.165, 1.54) is 5.56 Å². The summed E-state index contributed by atoms with van der Waals surface area (Å²) in [4.78, 5) is 2.39. The van der Waals surface area contributed by atoms with E-state index in [2.05, 4.69) is 37.9 Å². The molecular weight excluding hydrogens is 274 g/mol. The van der Waals surface area contributed by atoms with Crippen LogP contribution in [0.15, 0.2) is 30.3 Å². The number of likely N-dealkylation sites (N-methyl/N-ethyl adjacent to an activating group) is 1. The van der Waals surface area contributed by atoms with Crippen molar-refractivity contribution in [2.24, 2.45) is 11.8 Å². The van der Waals surface area contributed by atoms with Gasteiger partial charge in [0.15, 0.2) is 0 Å². The van der Waals surface area contributed by atoms with Crippen LogP contribution in [0.4, 0.5) is 0 Å². The van der Waals surface area contributed by atoms with Gasteiger partial charge in [0, 0.05) is 12.6 Å². The van der Waals surface area contributed by atoms with Crippen molar-refractivity contribution in [3.8, 4) is 0 Å². The average molecular weight is 305 g/mol. The largest absolute Gasteiger partial charge is 0.393 e. The molecule has 22 heavy (non-hydrogen) atoms. The van der Waals surface area contributed by atoms with Crippen LogP contribution in [0.5, 0.6) is 0 Å². The molecule has 0 spiro atoms. The summed E-state index contributed by atoms with van der Waals surface area (Å²) in [5, 5.41) is 9.99. The zero-order valence-electron chi connectivity index (χ0n) is 14.2. The van der Waals surface area contributed by atoms with Crippen LogP contribution in [0.1, 0.15) is 38.7 Å². The summed E-state index contributed by atoms with van der Waals surface area (Å²) in [7, 11) is 2.17. The number of aliphatic hydroxyl groups is 1. The average Bonchev–Trinajstić information content (AvgIpc) is 2.52. The Balaban J connectivity index is 1.76. The van der Waals surface area contributed by atoms with Crippen LogP contribution >= 0.6 is 0 Å². The van der Waals surface area contributed by atoms with Crippen LogP contribution < -0.4 is 0 Å². The van der Waals surface area contributed by atoms with Crippen molar-refractivity contribution in [1.29, 1.82) is 0 Å². The van der Waals surface area contributed by atoms with Gasteiger partial charge in [-0.2, -0.15) is 0 Å². The quantitative estimate of drug-likeness (QED) is 0.784. The van der Waals surface area contributed by atoms with Crippen LogP contribution in [0, 0.1) is 11.8 Å². The zero-order chi connectivity index (χ0) is 15.9. The predicted octanol–water partition coefficient (Wildman–Crippen LogP) is 3.32. The molecule has 0 amide bonds. The highest BCUT2D eigenvalue weighted by Crippen LogP contribution is 2.33. The minimum atomic E-state index is -0.132. The van der Waals surface area contributed by atoms with E-state index in [9.17, 15) is 5.11 Å². The van der Waals surface area contributed by atoms with E-state index in [1.807, 2.05) is 18.2 Å². The first-order valence-electron chi connectivity index (χ1n) is 8.58. The molecule has 2 rings (SSSR count). The van der Waals surface area contributed by atoms with Crippen molar-refractivity contribution in [1.82, 2.24) is 4.90 Å². The van der Waals surface area contributed by atoms with Gasteiger partial charge in [-0.25, -0.2) is 0 Å². The Morgan fingerprint density at radius 1 is 1.23 bits per heavy atom. The number of hydrogen-bond acceptors (Lipinski definition) is 3. The number of nitrogens with zero attached hydrogens (tertiary/aromatic N) is 1. The maximum atomic E-state index is 9.99. The maximum Gasteiger partial charge on any atom is 0.0717 e. The predicted molar refractivity (Wildman–Crippen MR) is 90.7 cm³/mol. The summed E-state index contributed by atoms with van der Waals surface area (Å²) in [6.45, 7) is 6.94. The Labute approximate surface area is 135 Å². The monoisotopic (exact) mass is 305 g/mol. The first kappa shape index (κ1) is 17.5. The Bertz CT molecular complexity index is 421. The summed E-state index contributed by atoms with van der Waals surface area (Å²) < 4.78 is 5.80. The van der Waals surface area contributed by atoms with Crippen molar-refractivity contribution in [3.05, 3.63) is 35.9 Å². The van der Waals surface area contributed by atoms with Gasteiger partial charge in [0.2, 0.25) is 0 Å². The summed E-state index contributed by atoms with van der Waals surface area (Å²) in [5.74, 6) is 1.35. The first-order chi connectivity index (χ1) is 10.6. The fourth-order valence-electron chi connectivity index (χ4n) is 3.57. The van der Waals surface area contributed by atoms with Crippen LogP contribution in [0.25, 0.3) is 0 Å². The summed E-state index contributed by atoms with van der Waals surface area (Å²) in [6, 6.07) is 10.8. The SMILES string of the molecule is CC(C)C1CCC(O)CC1N(C)CCOCc1ccccc1. The molecule has 1 aliphatic rings. The van der Waals surface area contributed by atoms with Crippen molar-refractivity contribution in [2.45, 2.75) is 51.9 Å². The molecule has 1 aliphatic carbocycles. The molecule has 3 heteroatoms. The second-order valence-electron chi connectivity index (χ2n) is 6.96. The molecule has 1 fully saturated rings. The standard InChI is InChI=1S/C19H31NO2/c1-15(2)18-10-9-17(21)13-19(18)20(3)11-12-22-14-16-7-5-4-6-8-16/h4-8,15,17-19,21H,9-14H2,1-3H3. The molecule has 0 heterocycles. The number of hydrogen-bond donors (Lipinski definition) is 1. The van der Waals surface area contributed by atoms with E-state index in [0.717, 1.165) is 32.4 Å². The summed E-state index contributed by atoms with van der Waals surface area (Å²) >= 11 is 0. The molecular formula is C19H31NO2. The van der Waals surface area contributed by atoms with Gasteiger partial charge < -0.3 is 14.7 Å². The summed E-state index contributed by atoms with van der Waals surface area (Å²) in [5.41, 5.74) is 1.22. The second kappa shape index (κ2) is 8.66. The molecule has 0 bridgehead atoms. The highest BCUT2D eigenvalue weighted by Gasteiger charge is 2.33. The van der Waals surface area contributed by atoms with Crippen LogP contribution in [-0.2, 0) is 11.3 Å². The molecule has 1 saturated carbocycles. The van der Waals surface area contributed by atoms with Crippen LogP contribution in [-0.4, -0.2) is 42.4 Å². The third-order valence-electron chi connectivity index (χ3n) is 4.96. The van der Waals surface area contributed by atoms with Crippen molar-refractivity contribution < 1.29 is 9.84 Å². The molecule has 3 nitrogen and oxygen atoms in total. The lowest BCUT2D eigenvalue weighted by Gasteiger charge is -2.41. The van der Waals surface area contributed by atoms with Gasteiger partial charge in [-0.05, 0) is 43.7 Å². The van der Waals surface area contributed by atoms with Gasteiger partial charge in [0.05, 0.1) is 19.3 Å². The molecule has 1 aromatic carbocycles. The molecule has 1 aromatic rings. The molecule has 0 radical (unpaired) electrons. The Hall–Kier alpha value is -0.900. The van der Waals surface area contributed by atoms with Crippen molar-refractivity contribution in [3.63, 3.8) is 0 Å². The zero-order valence-corrected chi connectivity index (χ0v) is 14.2. The fraction of sp³-hybridized carbons (Fsp3) is 0.684. The van der Waals surface area contributed by atoms with Gasteiger partial charge in [-0.15, -0.1) is 0 Å². The van der Waals surface area contributed by atoms with Gasteiger partial charge in [0.25, 0.3) is 0 Å². The van der Waals surface area contributed by atoms with Crippen molar-refractivity contribution >= 4 is 0 Å². The highest BCUT2D eigenvalue weighted by atomic mass is 16.5. The lowest BCUT2D eigenvalue weighted by Crippen LogP contribution is -2.46. The van der Waals surface area contributed by atoms with Gasteiger partial charge in [-0.1, -0.05) is 44.2 Å². The third-order valence-corrected chi connectivity index (χ3v) is 4.96. The topological polar surface area (TPSA) is 32.7 Å². The third kappa shape index (κ3) is 5.08. The van der Waals surface area contributed by atoms with Gasteiger partial charge in [0.1, 0.15) is 0 Å². The van der Waals surface area contributed by atoms with E-state index in [4.69, 9.17) is 4.74 Å². The molecule has 0 saturated heterocycles. The molecule has 0 aromatic heterocycles. The fourth-order valence-corrected chi connectivity index (χ4v) is 3.57. The minimum absolute atomic E-state index is 0.132. The molecule has 0 aliphatic heterocycles. The molecule has 124 valence electrons. The molecule has 1 N–H and O–H groups in total. The van der Waals surface area contributed by atoms with Crippen molar-refractivity contribution in [2.75, 3.05) is 20.2 Å². The lowest BCUT2D eigenvalue weighted by atomic mass is 9.76. The maximum absolute atomic E-state index is 9.99. The molecule has 3 unspecified atom stereocenters. The highest BCUT2D eigenvalue weighted by molar-refractivity contribution is 5.13. The van der Waals surface area contributed by atoms with E-state index in [0.29, 0.717) is 24.5 Å². The lowest BCUT2D eigenvalue weighted by molar-refractivity contribution is 0.00787. The van der Waals surface area contributed by atoms with E-state index in [-0.39, 0.29) is 6.10 Å². The Morgan fingerprint density at radius 2 is 1.95 bits per heavy atom. The van der Waals surface area contributed by atoms with E-state index < -0.39 is 0 Å². The van der Waals surface area contributed by atoms with E-state index in [1.54, 1.807) is 0 Å². The van der Waals surface area contributed by atoms with Crippen LogP contribution in [0.2, 0.25) is 0 Å². The number of ether oxygens (including phenoxy) is 1. The number of rotatable bonds is 7. The number of aliphatic hydroxyl groups excluding tert-OH is 1. The smallest absolute Gasteiger partial charge is 0.0717 e. The normalized spacial score (nSPS) is 25.8. The second-order valence-corrected chi connectivity index (χ2v) is 6.96. The van der Waals surface area contributed by atoms with Gasteiger partial charge >= 0.3 is 0 Å². The summed E-state index contributed by atoms with van der Waals surface area (Å²) in [6.07, 6.45) is 2.86.